The lowest BCUT2D eigenvalue weighted by molar-refractivity contribution is 0.552. The van der Waals surface area contributed by atoms with Gasteiger partial charge in [0.25, 0.3) is 0 Å². The maximum absolute atomic E-state index is 4.41. The highest BCUT2D eigenvalue weighted by Crippen LogP contribution is 2.24. The fourth-order valence-electron chi connectivity index (χ4n) is 1.88. The third-order valence-electron chi connectivity index (χ3n) is 2.80. The molecule has 2 N–H and O–H groups in total. The number of H-pyrrole nitrogens is 1. The summed E-state index contributed by atoms with van der Waals surface area (Å²) in [7, 11) is 1.99. The average molecular weight is 275 g/mol. The summed E-state index contributed by atoms with van der Waals surface area (Å²) < 4.78 is 2.01. The molecule has 0 spiro atoms. The normalized spacial score (nSPS) is 12.7. The second-order valence-electron chi connectivity index (χ2n) is 4.05. The highest BCUT2D eigenvalue weighted by molar-refractivity contribution is 7.10. The second kappa shape index (κ2) is 5.29. The molecule has 0 bridgehead atoms. The molecule has 19 heavy (non-hydrogen) atoms. The van der Waals surface area contributed by atoms with Crippen LogP contribution in [-0.2, 0) is 13.6 Å². The molecule has 0 aromatic carbocycles. The number of imidazole rings is 1. The molecule has 0 saturated carbocycles. The SMILES string of the molecule is Cn1ccnc1C(NCc1nn[nH]n1)c1cccs1. The van der Waals surface area contributed by atoms with E-state index in [1.165, 1.54) is 4.88 Å². The number of tetrazole rings is 1. The van der Waals surface area contributed by atoms with Crippen molar-refractivity contribution < 1.29 is 0 Å². The van der Waals surface area contributed by atoms with Crippen LogP contribution >= 0.6 is 11.3 Å². The van der Waals surface area contributed by atoms with Crippen LogP contribution in [0.25, 0.3) is 0 Å². The van der Waals surface area contributed by atoms with Gasteiger partial charge in [-0.05, 0) is 11.4 Å². The Hall–Kier alpha value is -2.06. The van der Waals surface area contributed by atoms with Crippen LogP contribution in [-0.4, -0.2) is 30.2 Å². The maximum atomic E-state index is 4.41. The Balaban J connectivity index is 1.83. The van der Waals surface area contributed by atoms with Gasteiger partial charge in [-0.25, -0.2) is 4.98 Å². The summed E-state index contributed by atoms with van der Waals surface area (Å²) >= 11 is 1.70. The topological polar surface area (TPSA) is 84.3 Å². The fraction of sp³-hybridized carbons (Fsp3) is 0.273. The Bertz CT molecular complexity index is 613. The summed E-state index contributed by atoms with van der Waals surface area (Å²) in [5.41, 5.74) is 0. The van der Waals surface area contributed by atoms with Crippen molar-refractivity contribution in [2.75, 3.05) is 0 Å². The monoisotopic (exact) mass is 275 g/mol. The molecule has 0 fully saturated rings. The van der Waals surface area contributed by atoms with E-state index in [4.69, 9.17) is 0 Å². The van der Waals surface area contributed by atoms with Crippen molar-refractivity contribution in [2.45, 2.75) is 12.6 Å². The van der Waals surface area contributed by atoms with E-state index in [1.807, 2.05) is 23.9 Å². The third kappa shape index (κ3) is 2.54. The van der Waals surface area contributed by atoms with E-state index in [0.717, 1.165) is 5.82 Å². The quantitative estimate of drug-likeness (QED) is 0.722. The van der Waals surface area contributed by atoms with E-state index in [1.54, 1.807) is 17.5 Å². The maximum Gasteiger partial charge on any atom is 0.188 e. The highest BCUT2D eigenvalue weighted by Gasteiger charge is 2.19. The van der Waals surface area contributed by atoms with Crippen LogP contribution < -0.4 is 5.32 Å². The lowest BCUT2D eigenvalue weighted by atomic mass is 10.2. The smallest absolute Gasteiger partial charge is 0.188 e. The standard InChI is InChI=1S/C11H13N7S/c1-18-5-4-12-11(18)10(8-3-2-6-19-8)13-7-9-14-16-17-15-9/h2-6,10,13H,7H2,1H3,(H,14,15,16,17). The van der Waals surface area contributed by atoms with Gasteiger partial charge in [-0.3, -0.25) is 5.32 Å². The third-order valence-corrected chi connectivity index (χ3v) is 3.74. The molecule has 1 atom stereocenters. The van der Waals surface area contributed by atoms with Gasteiger partial charge in [0.1, 0.15) is 11.9 Å². The summed E-state index contributed by atoms with van der Waals surface area (Å²) in [6.45, 7) is 0.534. The zero-order chi connectivity index (χ0) is 13.1. The lowest BCUT2D eigenvalue weighted by Crippen LogP contribution is -2.24. The van der Waals surface area contributed by atoms with E-state index in [-0.39, 0.29) is 6.04 Å². The number of aromatic nitrogens is 6. The lowest BCUT2D eigenvalue weighted by Gasteiger charge is -2.16. The number of aromatic amines is 1. The van der Waals surface area contributed by atoms with Crippen LogP contribution in [0.4, 0.5) is 0 Å². The first-order valence-electron chi connectivity index (χ1n) is 5.81. The summed E-state index contributed by atoms with van der Waals surface area (Å²) in [6, 6.07) is 4.15. The number of hydrogen-bond donors (Lipinski definition) is 2. The Kier molecular flexibility index (Phi) is 3.34. The number of thiophene rings is 1. The molecule has 3 heterocycles. The summed E-state index contributed by atoms with van der Waals surface area (Å²) in [6.07, 6.45) is 3.73. The van der Waals surface area contributed by atoms with Crippen LogP contribution in [0.15, 0.2) is 29.9 Å². The molecule has 3 aromatic heterocycles. The number of nitrogens with one attached hydrogen (secondary N) is 2. The molecule has 0 aliphatic carbocycles. The molecule has 0 radical (unpaired) electrons. The molecule has 0 saturated heterocycles. The number of aryl methyl sites for hydroxylation is 1. The van der Waals surface area contributed by atoms with Crippen molar-refractivity contribution in [2.24, 2.45) is 7.05 Å². The molecule has 8 heteroatoms. The fourth-order valence-corrected chi connectivity index (χ4v) is 2.68. The Labute approximate surface area is 113 Å². The number of hydrogen-bond acceptors (Lipinski definition) is 6. The predicted molar refractivity (Wildman–Crippen MR) is 70.4 cm³/mol. The van der Waals surface area contributed by atoms with E-state index in [0.29, 0.717) is 12.4 Å². The number of rotatable bonds is 5. The molecule has 7 nitrogen and oxygen atoms in total. The van der Waals surface area contributed by atoms with E-state index < -0.39 is 0 Å². The Morgan fingerprint density at radius 1 is 1.53 bits per heavy atom. The summed E-state index contributed by atoms with van der Waals surface area (Å²) in [4.78, 5) is 5.62. The minimum atomic E-state index is 0.0264. The summed E-state index contributed by atoms with van der Waals surface area (Å²) in [5.74, 6) is 1.60. The molecule has 0 aliphatic heterocycles. The van der Waals surface area contributed by atoms with Crippen LogP contribution in [0.1, 0.15) is 22.6 Å². The molecule has 98 valence electrons. The minimum Gasteiger partial charge on any atom is -0.336 e. The molecule has 0 aliphatic rings. The van der Waals surface area contributed by atoms with Gasteiger partial charge in [0.05, 0.1) is 6.54 Å². The first kappa shape index (κ1) is 12.0. The average Bonchev–Trinajstić information content (AvgIpc) is 3.13. The van der Waals surface area contributed by atoms with Gasteiger partial charge >= 0.3 is 0 Å². The van der Waals surface area contributed by atoms with Crippen molar-refractivity contribution in [3.8, 4) is 0 Å². The van der Waals surface area contributed by atoms with Crippen LogP contribution in [0.5, 0.6) is 0 Å². The van der Waals surface area contributed by atoms with Gasteiger partial charge in [-0.2, -0.15) is 5.21 Å². The van der Waals surface area contributed by atoms with E-state index >= 15 is 0 Å². The molecule has 3 aromatic rings. The minimum absolute atomic E-state index is 0.0264. The van der Waals surface area contributed by atoms with Gasteiger partial charge in [-0.15, -0.1) is 21.5 Å². The second-order valence-corrected chi connectivity index (χ2v) is 5.03. The van der Waals surface area contributed by atoms with Gasteiger partial charge in [0.15, 0.2) is 5.82 Å². The van der Waals surface area contributed by atoms with Gasteiger partial charge in [-0.1, -0.05) is 11.3 Å². The first-order chi connectivity index (χ1) is 9.34. The van der Waals surface area contributed by atoms with E-state index in [2.05, 4.69) is 42.4 Å². The molecular formula is C11H13N7S. The Morgan fingerprint density at radius 3 is 3.11 bits per heavy atom. The molecule has 1 unspecified atom stereocenters. The molecule has 0 amide bonds. The van der Waals surface area contributed by atoms with Crippen molar-refractivity contribution in [3.63, 3.8) is 0 Å². The van der Waals surface area contributed by atoms with Crippen LogP contribution in [0, 0.1) is 0 Å². The highest BCUT2D eigenvalue weighted by atomic mass is 32.1. The van der Waals surface area contributed by atoms with Crippen molar-refractivity contribution in [1.29, 1.82) is 0 Å². The van der Waals surface area contributed by atoms with Crippen LogP contribution in [0.3, 0.4) is 0 Å². The van der Waals surface area contributed by atoms with Crippen molar-refractivity contribution >= 4 is 11.3 Å². The predicted octanol–water partition coefficient (Wildman–Crippen LogP) is 0.874. The Morgan fingerprint density at radius 2 is 2.47 bits per heavy atom. The van der Waals surface area contributed by atoms with Gasteiger partial charge in [0.2, 0.25) is 0 Å². The number of nitrogens with zero attached hydrogens (tertiary/aromatic N) is 5. The zero-order valence-electron chi connectivity index (χ0n) is 10.3. The molecular weight excluding hydrogens is 262 g/mol. The van der Waals surface area contributed by atoms with Gasteiger partial charge in [0, 0.05) is 24.3 Å². The van der Waals surface area contributed by atoms with E-state index in [9.17, 15) is 0 Å². The van der Waals surface area contributed by atoms with Gasteiger partial charge < -0.3 is 4.57 Å². The zero-order valence-corrected chi connectivity index (χ0v) is 11.1. The molecule has 3 rings (SSSR count). The van der Waals surface area contributed by atoms with Crippen LogP contribution in [0.2, 0.25) is 0 Å². The van der Waals surface area contributed by atoms with Crippen molar-refractivity contribution in [3.05, 3.63) is 46.4 Å². The largest absolute Gasteiger partial charge is 0.336 e. The first-order valence-corrected chi connectivity index (χ1v) is 6.69. The van der Waals surface area contributed by atoms with Crippen molar-refractivity contribution in [1.82, 2.24) is 35.5 Å². The summed E-state index contributed by atoms with van der Waals surface area (Å²) in [5, 5.41) is 19.3.